The molecule has 0 amide bonds. The normalized spacial score (nSPS) is 12.1. The van der Waals surface area contributed by atoms with Gasteiger partial charge in [-0.15, -0.1) is 0 Å². The highest BCUT2D eigenvalue weighted by Gasteiger charge is 2.24. The number of fused-ring (bicyclic) bond motifs is 1. The van der Waals surface area contributed by atoms with Crippen molar-refractivity contribution in [1.29, 1.82) is 0 Å². The van der Waals surface area contributed by atoms with E-state index in [9.17, 15) is 9.59 Å². The van der Waals surface area contributed by atoms with E-state index in [4.69, 9.17) is 13.6 Å². The molecule has 6 heteroatoms. The van der Waals surface area contributed by atoms with E-state index in [0.717, 1.165) is 12.0 Å². The van der Waals surface area contributed by atoms with Crippen LogP contribution in [0.3, 0.4) is 0 Å². The molecule has 130 valence electrons. The summed E-state index contributed by atoms with van der Waals surface area (Å²) in [6.07, 6.45) is 1.28. The van der Waals surface area contributed by atoms with Crippen molar-refractivity contribution in [2.45, 2.75) is 26.4 Å². The van der Waals surface area contributed by atoms with Gasteiger partial charge in [0.05, 0.1) is 18.8 Å². The van der Waals surface area contributed by atoms with E-state index < -0.39 is 12.1 Å². The molecule has 3 rings (SSSR count). The molecule has 0 N–H and O–H groups in total. The van der Waals surface area contributed by atoms with Crippen molar-refractivity contribution in [2.24, 2.45) is 0 Å². The van der Waals surface area contributed by atoms with Crippen molar-refractivity contribution in [1.82, 2.24) is 0 Å². The van der Waals surface area contributed by atoms with Crippen LogP contribution in [0.25, 0.3) is 22.5 Å². The van der Waals surface area contributed by atoms with Crippen LogP contribution in [0.1, 0.15) is 19.4 Å². The van der Waals surface area contributed by atoms with Crippen LogP contribution in [-0.4, -0.2) is 19.2 Å². The summed E-state index contributed by atoms with van der Waals surface area (Å²) in [5.74, 6) is -0.186. The van der Waals surface area contributed by atoms with E-state index >= 15 is 0 Å². The maximum atomic E-state index is 13.0. The molecule has 0 bridgehead atoms. The first-order valence-electron chi connectivity index (χ1n) is 7.93. The number of rotatable bonds is 5. The second-order valence-corrected chi connectivity index (χ2v) is 5.53. The summed E-state index contributed by atoms with van der Waals surface area (Å²) >= 11 is 0. The molecule has 0 radical (unpaired) electrons. The molecule has 0 aliphatic carbocycles. The first-order valence-corrected chi connectivity index (χ1v) is 7.93. The molecular formula is C19H18O6. The average molecular weight is 342 g/mol. The minimum Gasteiger partial charge on any atom is -0.471 e. The monoisotopic (exact) mass is 342 g/mol. The predicted octanol–water partition coefficient (Wildman–Crippen LogP) is 3.56. The molecular weight excluding hydrogens is 324 g/mol. The highest BCUT2D eigenvalue weighted by Crippen LogP contribution is 2.32. The zero-order valence-corrected chi connectivity index (χ0v) is 14.2. The lowest BCUT2D eigenvalue weighted by Crippen LogP contribution is -2.27. The van der Waals surface area contributed by atoms with Crippen molar-refractivity contribution >= 4 is 16.9 Å². The second kappa shape index (κ2) is 6.84. The van der Waals surface area contributed by atoms with Gasteiger partial charge in [-0.25, -0.2) is 4.79 Å². The summed E-state index contributed by atoms with van der Waals surface area (Å²) < 4.78 is 21.5. The van der Waals surface area contributed by atoms with Crippen molar-refractivity contribution in [3.05, 3.63) is 52.4 Å². The summed E-state index contributed by atoms with van der Waals surface area (Å²) in [6, 6.07) is 8.74. The lowest BCUT2D eigenvalue weighted by molar-refractivity contribution is -0.147. The van der Waals surface area contributed by atoms with Gasteiger partial charge >= 0.3 is 5.97 Å². The van der Waals surface area contributed by atoms with E-state index in [0.29, 0.717) is 16.7 Å². The quantitative estimate of drug-likeness (QED) is 0.660. The van der Waals surface area contributed by atoms with Crippen molar-refractivity contribution in [3.63, 3.8) is 0 Å². The maximum Gasteiger partial charge on any atom is 0.346 e. The average Bonchev–Trinajstić information content (AvgIpc) is 3.17. The number of furan rings is 1. The third-order valence-electron chi connectivity index (χ3n) is 3.89. The van der Waals surface area contributed by atoms with E-state index in [1.807, 2.05) is 13.0 Å². The van der Waals surface area contributed by atoms with Crippen LogP contribution in [0.15, 0.2) is 50.2 Å². The molecule has 1 aromatic carbocycles. The molecule has 6 nitrogen and oxygen atoms in total. The number of aryl methyl sites for hydroxylation is 1. The van der Waals surface area contributed by atoms with Crippen molar-refractivity contribution in [2.75, 3.05) is 7.11 Å². The van der Waals surface area contributed by atoms with Gasteiger partial charge in [0.25, 0.3) is 0 Å². The number of hydrogen-bond donors (Lipinski definition) is 0. The van der Waals surface area contributed by atoms with Crippen molar-refractivity contribution < 1.29 is 23.1 Å². The number of benzene rings is 1. The standard InChI is InChI=1S/C19H18O6/c1-4-12-7-8-14-13(10-12)16(20)18(24-11(2)19(21)22-3)17(25-14)15-6-5-9-23-15/h5-11H,4H2,1-3H3/t11-/m0/s1. The van der Waals surface area contributed by atoms with Gasteiger partial charge in [-0.3, -0.25) is 4.79 Å². The third-order valence-corrected chi connectivity index (χ3v) is 3.89. The molecule has 2 aromatic heterocycles. The van der Waals surface area contributed by atoms with Crippen LogP contribution in [-0.2, 0) is 16.0 Å². The first kappa shape index (κ1) is 16.8. The Balaban J connectivity index is 2.23. The van der Waals surface area contributed by atoms with E-state index in [2.05, 4.69) is 4.74 Å². The fourth-order valence-electron chi connectivity index (χ4n) is 2.51. The number of carbonyl (C=O) groups is 1. The molecule has 0 saturated carbocycles. The van der Waals surface area contributed by atoms with Gasteiger partial charge in [-0.05, 0) is 43.2 Å². The van der Waals surface area contributed by atoms with Gasteiger partial charge in [0, 0.05) is 0 Å². The maximum absolute atomic E-state index is 13.0. The molecule has 0 unspecified atom stereocenters. The Kier molecular flexibility index (Phi) is 4.61. The molecule has 0 fully saturated rings. The fourth-order valence-corrected chi connectivity index (χ4v) is 2.51. The van der Waals surface area contributed by atoms with Crippen LogP contribution in [0.2, 0.25) is 0 Å². The Hall–Kier alpha value is -3.02. The summed E-state index contributed by atoms with van der Waals surface area (Å²) in [6.45, 7) is 3.50. The molecule has 1 atom stereocenters. The van der Waals surface area contributed by atoms with Crippen LogP contribution in [0, 0.1) is 0 Å². The summed E-state index contributed by atoms with van der Waals surface area (Å²) in [7, 11) is 1.26. The summed E-state index contributed by atoms with van der Waals surface area (Å²) in [4.78, 5) is 24.7. The molecule has 2 heterocycles. The number of esters is 1. The Labute approximate surface area is 144 Å². The number of hydrogen-bond acceptors (Lipinski definition) is 6. The fraction of sp³-hybridized carbons (Fsp3) is 0.263. The third kappa shape index (κ3) is 3.15. The predicted molar refractivity (Wildman–Crippen MR) is 91.7 cm³/mol. The van der Waals surface area contributed by atoms with E-state index in [1.54, 1.807) is 24.3 Å². The second-order valence-electron chi connectivity index (χ2n) is 5.53. The zero-order chi connectivity index (χ0) is 18.0. The Bertz CT molecular complexity index is 952. The summed E-state index contributed by atoms with van der Waals surface area (Å²) in [5.41, 5.74) is 1.06. The molecule has 0 saturated heterocycles. The van der Waals surface area contributed by atoms with Gasteiger partial charge in [0.2, 0.25) is 16.9 Å². The van der Waals surface area contributed by atoms with Crippen LogP contribution < -0.4 is 10.2 Å². The van der Waals surface area contributed by atoms with Gasteiger partial charge in [-0.1, -0.05) is 13.0 Å². The molecule has 3 aromatic rings. The van der Waals surface area contributed by atoms with Crippen molar-refractivity contribution in [3.8, 4) is 17.3 Å². The molecule has 0 aliphatic rings. The topological polar surface area (TPSA) is 78.9 Å². The molecule has 0 spiro atoms. The lowest BCUT2D eigenvalue weighted by atomic mass is 10.1. The van der Waals surface area contributed by atoms with E-state index in [1.165, 1.54) is 20.3 Å². The Morgan fingerprint density at radius 3 is 2.72 bits per heavy atom. The smallest absolute Gasteiger partial charge is 0.346 e. The highest BCUT2D eigenvalue weighted by atomic mass is 16.6. The van der Waals surface area contributed by atoms with Gasteiger partial charge < -0.3 is 18.3 Å². The Morgan fingerprint density at radius 2 is 2.08 bits per heavy atom. The largest absolute Gasteiger partial charge is 0.471 e. The van der Waals surface area contributed by atoms with Gasteiger partial charge in [-0.2, -0.15) is 0 Å². The molecule has 25 heavy (non-hydrogen) atoms. The van der Waals surface area contributed by atoms with Gasteiger partial charge in [0.1, 0.15) is 5.58 Å². The van der Waals surface area contributed by atoms with Gasteiger partial charge in [0.15, 0.2) is 11.9 Å². The highest BCUT2D eigenvalue weighted by molar-refractivity contribution is 5.82. The number of methoxy groups -OCH3 is 1. The summed E-state index contributed by atoms with van der Waals surface area (Å²) in [5, 5.41) is 0.390. The zero-order valence-electron chi connectivity index (χ0n) is 14.2. The van der Waals surface area contributed by atoms with Crippen LogP contribution in [0.4, 0.5) is 0 Å². The number of carbonyl (C=O) groups excluding carboxylic acids is 1. The SMILES string of the molecule is CCc1ccc2oc(-c3ccco3)c(O[C@@H](C)C(=O)OC)c(=O)c2c1. The minimum absolute atomic E-state index is 0.0754. The Morgan fingerprint density at radius 1 is 1.28 bits per heavy atom. The van der Waals surface area contributed by atoms with E-state index in [-0.39, 0.29) is 16.9 Å². The lowest BCUT2D eigenvalue weighted by Gasteiger charge is -2.14. The number of ether oxygens (including phenoxy) is 2. The molecule has 0 aliphatic heterocycles. The van der Waals surface area contributed by atoms with Crippen LogP contribution >= 0.6 is 0 Å². The first-order chi connectivity index (χ1) is 12.0. The minimum atomic E-state index is -0.964. The van der Waals surface area contributed by atoms with Crippen LogP contribution in [0.5, 0.6) is 5.75 Å².